The maximum atomic E-state index is 9.62. The van der Waals surface area contributed by atoms with E-state index in [-0.39, 0.29) is 25.7 Å². The maximum absolute atomic E-state index is 9.62. The lowest BCUT2D eigenvalue weighted by Gasteiger charge is -2.07. The molecule has 0 saturated heterocycles. The van der Waals surface area contributed by atoms with Crippen LogP contribution >= 0.6 is 12.6 Å². The molecule has 0 amide bonds. The molecule has 1 unspecified atom stereocenters. The molecule has 6 heteroatoms. The largest absolute Gasteiger partial charge is 0.480 e. The Morgan fingerprint density at radius 3 is 1.87 bits per heavy atom. The summed E-state index contributed by atoms with van der Waals surface area (Å²) in [4.78, 5) is 9.62. The van der Waals surface area contributed by atoms with Crippen LogP contribution in [-0.4, -0.2) is 51.5 Å². The van der Waals surface area contributed by atoms with Crippen molar-refractivity contribution in [2.75, 3.05) is 19.8 Å². The molecule has 4 N–H and O–H groups in total. The second-order valence-corrected chi connectivity index (χ2v) is 3.89. The molecule has 0 radical (unpaired) electrons. The molecule has 0 heterocycles. The Kier molecular flexibility index (Phi) is 13.4. The van der Waals surface area contributed by atoms with Crippen LogP contribution in [0.4, 0.5) is 0 Å². The fourth-order valence-electron chi connectivity index (χ4n) is 0.620. The fraction of sp³-hybridized carbons (Fsp3) is 0.889. The Bertz CT molecular complexity index is 147. The van der Waals surface area contributed by atoms with E-state index in [4.69, 9.17) is 20.4 Å². The van der Waals surface area contributed by atoms with Gasteiger partial charge in [-0.3, -0.25) is 4.79 Å². The number of hydrogen-bond acceptors (Lipinski definition) is 5. The van der Waals surface area contributed by atoms with E-state index in [1.54, 1.807) is 0 Å². The van der Waals surface area contributed by atoms with Gasteiger partial charge in [0.05, 0.1) is 5.25 Å². The number of carboxylic acid groups (broad SMARTS) is 1. The third kappa shape index (κ3) is 13.7. The molecule has 15 heavy (non-hydrogen) atoms. The van der Waals surface area contributed by atoms with Crippen LogP contribution in [0, 0.1) is 5.92 Å². The van der Waals surface area contributed by atoms with Gasteiger partial charge in [0.2, 0.25) is 0 Å². The normalized spacial score (nSPS) is 11.9. The monoisotopic (exact) mass is 240 g/mol. The molecule has 0 aromatic heterocycles. The molecule has 0 fully saturated rings. The minimum absolute atomic E-state index is 0.0104. The van der Waals surface area contributed by atoms with E-state index in [1.165, 1.54) is 6.92 Å². The van der Waals surface area contributed by atoms with Crippen molar-refractivity contribution in [1.82, 2.24) is 0 Å². The average molecular weight is 240 g/mol. The lowest BCUT2D eigenvalue weighted by molar-refractivity contribution is -0.136. The highest BCUT2D eigenvalue weighted by Gasteiger charge is 2.03. The summed E-state index contributed by atoms with van der Waals surface area (Å²) in [7, 11) is 0. The quantitative estimate of drug-likeness (QED) is 0.412. The van der Waals surface area contributed by atoms with Crippen LogP contribution in [0.2, 0.25) is 0 Å². The van der Waals surface area contributed by atoms with Crippen LogP contribution in [0.25, 0.3) is 0 Å². The Labute approximate surface area is 95.2 Å². The maximum Gasteiger partial charge on any atom is 0.316 e. The average Bonchev–Trinajstić information content (AvgIpc) is 2.20. The number of carbonyl (C=O) groups is 1. The molecule has 0 bridgehead atoms. The molecular formula is C9H20O5S. The Hall–Kier alpha value is -0.300. The SMILES string of the molecule is CC(S)C(=O)O.OCCCC(CO)CO. The second kappa shape index (κ2) is 11.8. The summed E-state index contributed by atoms with van der Waals surface area (Å²) in [6, 6.07) is 0. The van der Waals surface area contributed by atoms with Gasteiger partial charge in [-0.1, -0.05) is 0 Å². The van der Waals surface area contributed by atoms with Gasteiger partial charge in [0.15, 0.2) is 0 Å². The zero-order valence-corrected chi connectivity index (χ0v) is 9.73. The third-order valence-electron chi connectivity index (χ3n) is 1.64. The molecule has 0 aliphatic carbocycles. The molecule has 0 spiro atoms. The third-order valence-corrected chi connectivity index (χ3v) is 1.87. The van der Waals surface area contributed by atoms with Crippen molar-refractivity contribution in [3.8, 4) is 0 Å². The highest BCUT2D eigenvalue weighted by atomic mass is 32.1. The van der Waals surface area contributed by atoms with Gasteiger partial charge in [-0.25, -0.2) is 0 Å². The van der Waals surface area contributed by atoms with Crippen molar-refractivity contribution in [2.45, 2.75) is 25.0 Å². The van der Waals surface area contributed by atoms with E-state index in [2.05, 4.69) is 12.6 Å². The number of hydrogen-bond donors (Lipinski definition) is 5. The van der Waals surface area contributed by atoms with Gasteiger partial charge in [0, 0.05) is 25.7 Å². The molecule has 0 aliphatic rings. The first kappa shape index (κ1) is 17.1. The topological polar surface area (TPSA) is 98.0 Å². The predicted octanol–water partition coefficient (Wildman–Crippen LogP) is -0.251. The number of aliphatic carboxylic acids is 1. The lowest BCUT2D eigenvalue weighted by atomic mass is 10.1. The van der Waals surface area contributed by atoms with Gasteiger partial charge < -0.3 is 20.4 Å². The van der Waals surface area contributed by atoms with E-state index in [9.17, 15) is 4.79 Å². The molecule has 1 atom stereocenters. The first-order valence-corrected chi connectivity index (χ1v) is 5.24. The summed E-state index contributed by atoms with van der Waals surface area (Å²) >= 11 is 3.59. The van der Waals surface area contributed by atoms with Crippen LogP contribution in [0.1, 0.15) is 19.8 Å². The Balaban J connectivity index is 0. The standard InChI is InChI=1S/C6H14O3.C3H6O2S/c7-3-1-2-6(4-8)5-9;1-2(6)3(4)5/h6-9H,1-5H2;2,6H,1H3,(H,4,5). The number of rotatable bonds is 6. The first-order valence-electron chi connectivity index (χ1n) is 4.73. The molecule has 0 aliphatic heterocycles. The Morgan fingerprint density at radius 1 is 1.27 bits per heavy atom. The first-order chi connectivity index (χ1) is 6.99. The highest BCUT2D eigenvalue weighted by molar-refractivity contribution is 7.81. The summed E-state index contributed by atoms with van der Waals surface area (Å²) in [6.07, 6.45) is 1.36. The smallest absolute Gasteiger partial charge is 0.316 e. The zero-order valence-electron chi connectivity index (χ0n) is 8.83. The summed E-state index contributed by atoms with van der Waals surface area (Å²) in [5.41, 5.74) is 0. The van der Waals surface area contributed by atoms with Crippen molar-refractivity contribution in [1.29, 1.82) is 0 Å². The van der Waals surface area contributed by atoms with Gasteiger partial charge in [0.1, 0.15) is 0 Å². The summed E-state index contributed by atoms with van der Waals surface area (Å²) in [5.74, 6) is -0.921. The molecule has 0 aromatic rings. The summed E-state index contributed by atoms with van der Waals surface area (Å²) < 4.78 is 0. The number of aliphatic hydroxyl groups excluding tert-OH is 3. The van der Waals surface area contributed by atoms with E-state index in [1.807, 2.05) is 0 Å². The van der Waals surface area contributed by atoms with Crippen LogP contribution in [0.5, 0.6) is 0 Å². The lowest BCUT2D eigenvalue weighted by Crippen LogP contribution is -2.11. The van der Waals surface area contributed by atoms with Crippen molar-refractivity contribution in [3.63, 3.8) is 0 Å². The minimum atomic E-state index is -0.877. The minimum Gasteiger partial charge on any atom is -0.480 e. The summed E-state index contributed by atoms with van der Waals surface area (Å²) in [6.45, 7) is 1.66. The Morgan fingerprint density at radius 2 is 1.67 bits per heavy atom. The van der Waals surface area contributed by atoms with Crippen LogP contribution in [0.15, 0.2) is 0 Å². The molecule has 0 aromatic carbocycles. The zero-order chi connectivity index (χ0) is 12.3. The van der Waals surface area contributed by atoms with Crippen LogP contribution in [0.3, 0.4) is 0 Å². The number of thiol groups is 1. The van der Waals surface area contributed by atoms with E-state index in [0.29, 0.717) is 12.8 Å². The van der Waals surface area contributed by atoms with E-state index < -0.39 is 11.2 Å². The molecule has 0 rings (SSSR count). The van der Waals surface area contributed by atoms with Crippen molar-refractivity contribution in [2.24, 2.45) is 5.92 Å². The van der Waals surface area contributed by atoms with Gasteiger partial charge in [-0.05, 0) is 19.8 Å². The molecule has 92 valence electrons. The number of aliphatic hydroxyl groups is 3. The van der Waals surface area contributed by atoms with E-state index >= 15 is 0 Å². The van der Waals surface area contributed by atoms with Crippen molar-refractivity contribution in [3.05, 3.63) is 0 Å². The van der Waals surface area contributed by atoms with Gasteiger partial charge in [-0.2, -0.15) is 12.6 Å². The molecule has 5 nitrogen and oxygen atoms in total. The predicted molar refractivity (Wildman–Crippen MR) is 60.1 cm³/mol. The van der Waals surface area contributed by atoms with Crippen molar-refractivity contribution >= 4 is 18.6 Å². The summed E-state index contributed by atoms with van der Waals surface area (Å²) in [5, 5.41) is 32.7. The van der Waals surface area contributed by atoms with Gasteiger partial charge >= 0.3 is 5.97 Å². The number of carboxylic acids is 1. The second-order valence-electron chi connectivity index (χ2n) is 3.11. The van der Waals surface area contributed by atoms with Crippen LogP contribution < -0.4 is 0 Å². The molecular weight excluding hydrogens is 220 g/mol. The highest BCUT2D eigenvalue weighted by Crippen LogP contribution is 2.02. The van der Waals surface area contributed by atoms with E-state index in [0.717, 1.165) is 0 Å². The fourth-order valence-corrected chi connectivity index (χ4v) is 0.620. The van der Waals surface area contributed by atoms with Crippen LogP contribution in [-0.2, 0) is 4.79 Å². The van der Waals surface area contributed by atoms with Crippen molar-refractivity contribution < 1.29 is 25.2 Å². The van der Waals surface area contributed by atoms with Gasteiger partial charge in [0.25, 0.3) is 0 Å². The van der Waals surface area contributed by atoms with Gasteiger partial charge in [-0.15, -0.1) is 0 Å². The molecule has 0 saturated carbocycles.